The number of nitrogens with zero attached hydrogens (tertiary/aromatic N) is 1. The molecule has 1 aliphatic heterocycles. The van der Waals surface area contributed by atoms with Crippen molar-refractivity contribution in [3.8, 4) is 5.75 Å². The Hall–Kier alpha value is -1.38. The number of hydrogen-bond donors (Lipinski definition) is 0. The average Bonchev–Trinajstić information content (AvgIpc) is 3.31. The maximum Gasteiger partial charge on any atom is 0.261 e. The zero-order chi connectivity index (χ0) is 17.2. The van der Waals surface area contributed by atoms with Crippen molar-refractivity contribution in [2.75, 3.05) is 13.2 Å². The summed E-state index contributed by atoms with van der Waals surface area (Å²) in [4.78, 5) is 17.4. The molecular formula is C19H16INO2S2. The first kappa shape index (κ1) is 17.1. The van der Waals surface area contributed by atoms with Crippen LogP contribution in [-0.2, 0) is 11.2 Å². The van der Waals surface area contributed by atoms with Gasteiger partial charge in [0.15, 0.2) is 6.61 Å². The predicted octanol–water partition coefficient (Wildman–Crippen LogP) is 4.97. The summed E-state index contributed by atoms with van der Waals surface area (Å²) in [7, 11) is 0. The lowest BCUT2D eigenvalue weighted by Crippen LogP contribution is -2.42. The van der Waals surface area contributed by atoms with Gasteiger partial charge in [0, 0.05) is 19.9 Å². The molecule has 4 rings (SSSR count). The lowest BCUT2D eigenvalue weighted by Gasteiger charge is -2.35. The molecule has 0 spiro atoms. The van der Waals surface area contributed by atoms with Crippen molar-refractivity contribution < 1.29 is 9.53 Å². The van der Waals surface area contributed by atoms with Gasteiger partial charge in [-0.15, -0.1) is 22.7 Å². The van der Waals surface area contributed by atoms with E-state index in [4.69, 9.17) is 4.74 Å². The van der Waals surface area contributed by atoms with E-state index in [1.165, 1.54) is 15.3 Å². The molecule has 1 unspecified atom stereocenters. The third-order valence-electron chi connectivity index (χ3n) is 4.27. The van der Waals surface area contributed by atoms with Gasteiger partial charge >= 0.3 is 0 Å². The quantitative estimate of drug-likeness (QED) is 0.493. The van der Waals surface area contributed by atoms with Crippen molar-refractivity contribution >= 4 is 51.2 Å². The second kappa shape index (κ2) is 7.47. The zero-order valence-electron chi connectivity index (χ0n) is 13.4. The van der Waals surface area contributed by atoms with E-state index in [2.05, 4.69) is 45.5 Å². The summed E-state index contributed by atoms with van der Waals surface area (Å²) in [5.74, 6) is 0.767. The molecule has 0 saturated heterocycles. The first-order valence-corrected chi connectivity index (χ1v) is 10.8. The van der Waals surface area contributed by atoms with Crippen molar-refractivity contribution in [3.05, 3.63) is 72.1 Å². The molecule has 0 saturated carbocycles. The highest BCUT2D eigenvalue weighted by atomic mass is 127. The number of carbonyl (C=O) groups excluding carboxylic acids is 1. The summed E-state index contributed by atoms with van der Waals surface area (Å²) in [6.07, 6.45) is 0.921. The molecule has 3 nitrogen and oxygen atoms in total. The number of halogens is 1. The summed E-state index contributed by atoms with van der Waals surface area (Å²) in [6.45, 7) is 0.812. The van der Waals surface area contributed by atoms with Crippen LogP contribution in [0.15, 0.2) is 53.2 Å². The Morgan fingerprint density at radius 2 is 2.00 bits per heavy atom. The van der Waals surface area contributed by atoms with Gasteiger partial charge in [-0.3, -0.25) is 4.79 Å². The van der Waals surface area contributed by atoms with Crippen molar-refractivity contribution in [2.45, 2.75) is 12.5 Å². The molecule has 3 heterocycles. The SMILES string of the molecule is O=C(COc1ccc(I)cc1)N1CCc2sccc2C1c1cccs1. The lowest BCUT2D eigenvalue weighted by molar-refractivity contribution is -0.135. The van der Waals surface area contributed by atoms with E-state index in [1.807, 2.05) is 35.2 Å². The van der Waals surface area contributed by atoms with E-state index in [0.717, 1.165) is 22.3 Å². The van der Waals surface area contributed by atoms with Crippen molar-refractivity contribution in [3.63, 3.8) is 0 Å². The van der Waals surface area contributed by atoms with E-state index in [9.17, 15) is 4.79 Å². The summed E-state index contributed by atoms with van der Waals surface area (Å²) in [5, 5.41) is 4.20. The van der Waals surface area contributed by atoms with Crippen molar-refractivity contribution in [1.82, 2.24) is 4.90 Å². The molecule has 0 N–H and O–H groups in total. The molecule has 3 aromatic rings. The Bertz CT molecular complexity index is 858. The van der Waals surface area contributed by atoms with Crippen LogP contribution in [0.5, 0.6) is 5.75 Å². The molecule has 0 bridgehead atoms. The number of rotatable bonds is 4. The number of hydrogen-bond acceptors (Lipinski definition) is 4. The van der Waals surface area contributed by atoms with E-state index in [0.29, 0.717) is 0 Å². The largest absolute Gasteiger partial charge is 0.484 e. The molecule has 6 heteroatoms. The summed E-state index contributed by atoms with van der Waals surface area (Å²) < 4.78 is 6.87. The maximum atomic E-state index is 12.9. The second-order valence-corrected chi connectivity index (χ2v) is 9.02. The minimum atomic E-state index is 0.0165. The van der Waals surface area contributed by atoms with Gasteiger partial charge in [0.2, 0.25) is 0 Å². The van der Waals surface area contributed by atoms with Gasteiger partial charge < -0.3 is 9.64 Å². The van der Waals surface area contributed by atoms with E-state index in [1.54, 1.807) is 22.7 Å². The molecule has 2 aromatic heterocycles. The van der Waals surface area contributed by atoms with Gasteiger partial charge in [0.1, 0.15) is 5.75 Å². The van der Waals surface area contributed by atoms with Crippen LogP contribution >= 0.6 is 45.3 Å². The Labute approximate surface area is 168 Å². The van der Waals surface area contributed by atoms with Crippen LogP contribution in [0.25, 0.3) is 0 Å². The van der Waals surface area contributed by atoms with Crippen LogP contribution in [0.3, 0.4) is 0 Å². The molecule has 1 amide bonds. The third-order valence-corrected chi connectivity index (χ3v) is 6.92. The van der Waals surface area contributed by atoms with Crippen molar-refractivity contribution in [2.24, 2.45) is 0 Å². The van der Waals surface area contributed by atoms with Gasteiger partial charge in [-0.2, -0.15) is 0 Å². The number of fused-ring (bicyclic) bond motifs is 1. The molecule has 0 fully saturated rings. The number of benzene rings is 1. The highest BCUT2D eigenvalue weighted by Crippen LogP contribution is 2.39. The topological polar surface area (TPSA) is 29.5 Å². The maximum absolute atomic E-state index is 12.9. The Morgan fingerprint density at radius 3 is 2.76 bits per heavy atom. The zero-order valence-corrected chi connectivity index (χ0v) is 17.1. The smallest absolute Gasteiger partial charge is 0.261 e. The molecule has 1 aliphatic rings. The number of amides is 1. The van der Waals surface area contributed by atoms with Crippen LogP contribution < -0.4 is 4.74 Å². The van der Waals surface area contributed by atoms with Crippen LogP contribution in [0.1, 0.15) is 21.4 Å². The highest BCUT2D eigenvalue weighted by molar-refractivity contribution is 14.1. The molecule has 0 aliphatic carbocycles. The minimum Gasteiger partial charge on any atom is -0.484 e. The summed E-state index contributed by atoms with van der Waals surface area (Å²) in [6, 6.07) is 14.1. The van der Waals surface area contributed by atoms with Gasteiger partial charge in [0.05, 0.1) is 6.04 Å². The first-order chi connectivity index (χ1) is 12.2. The minimum absolute atomic E-state index is 0.0165. The highest BCUT2D eigenvalue weighted by Gasteiger charge is 2.33. The van der Waals surface area contributed by atoms with Gasteiger partial charge in [-0.25, -0.2) is 0 Å². The van der Waals surface area contributed by atoms with Crippen LogP contribution in [0.4, 0.5) is 0 Å². The standard InChI is InChI=1S/C19H16INO2S2/c20-13-3-5-14(6-4-13)23-12-18(22)21-9-7-16-15(8-11-25-16)19(21)17-2-1-10-24-17/h1-6,8,10-11,19H,7,9,12H2. The van der Waals surface area contributed by atoms with E-state index < -0.39 is 0 Å². The fourth-order valence-corrected chi connectivity index (χ4v) is 5.22. The Balaban J connectivity index is 1.53. The molecule has 0 radical (unpaired) electrons. The monoisotopic (exact) mass is 481 g/mol. The molecular weight excluding hydrogens is 465 g/mol. The molecule has 128 valence electrons. The van der Waals surface area contributed by atoms with E-state index >= 15 is 0 Å². The molecule has 25 heavy (non-hydrogen) atoms. The van der Waals surface area contributed by atoms with E-state index in [-0.39, 0.29) is 18.6 Å². The van der Waals surface area contributed by atoms with Crippen LogP contribution in [0.2, 0.25) is 0 Å². The normalized spacial score (nSPS) is 16.5. The lowest BCUT2D eigenvalue weighted by atomic mass is 9.98. The average molecular weight is 481 g/mol. The molecule has 1 aromatic carbocycles. The summed E-state index contributed by atoms with van der Waals surface area (Å²) >= 11 is 5.74. The second-order valence-electron chi connectivity index (χ2n) is 5.80. The van der Waals surface area contributed by atoms with Gasteiger partial charge in [-0.05, 0) is 81.7 Å². The van der Waals surface area contributed by atoms with Crippen LogP contribution in [0, 0.1) is 3.57 Å². The van der Waals surface area contributed by atoms with Crippen LogP contribution in [-0.4, -0.2) is 24.0 Å². The fourth-order valence-electron chi connectivity index (χ4n) is 3.10. The van der Waals surface area contributed by atoms with Gasteiger partial charge in [0.25, 0.3) is 5.91 Å². The number of thiophene rings is 2. The summed E-state index contributed by atoms with van der Waals surface area (Å²) in [5.41, 5.74) is 1.27. The van der Waals surface area contributed by atoms with Crippen molar-refractivity contribution in [1.29, 1.82) is 0 Å². The number of ether oxygens (including phenoxy) is 1. The van der Waals surface area contributed by atoms with Gasteiger partial charge in [-0.1, -0.05) is 6.07 Å². The predicted molar refractivity (Wildman–Crippen MR) is 111 cm³/mol. The Morgan fingerprint density at radius 1 is 1.16 bits per heavy atom. The Kier molecular flexibility index (Phi) is 5.10. The fraction of sp³-hybridized carbons (Fsp3) is 0.211. The molecule has 1 atom stereocenters. The first-order valence-electron chi connectivity index (χ1n) is 8.00. The third kappa shape index (κ3) is 3.61. The number of carbonyl (C=O) groups is 1.